The van der Waals surface area contributed by atoms with E-state index in [1.807, 2.05) is 43.3 Å². The first-order chi connectivity index (χ1) is 18.8. The maximum Gasteiger partial charge on any atom is 0.354 e. The van der Waals surface area contributed by atoms with Gasteiger partial charge in [-0.15, -0.1) is 10.2 Å². The highest BCUT2D eigenvalue weighted by atomic mass is 16.5. The Labute approximate surface area is 229 Å². The Morgan fingerprint density at radius 3 is 2.38 bits per heavy atom. The molecule has 4 rings (SSSR count). The summed E-state index contributed by atoms with van der Waals surface area (Å²) < 4.78 is 19.6. The summed E-state index contributed by atoms with van der Waals surface area (Å²) in [5, 5.41) is 15.1. The van der Waals surface area contributed by atoms with Crippen LogP contribution in [-0.2, 0) is 17.7 Å². The molecular weight excluding hydrogens is 494 g/mol. The van der Waals surface area contributed by atoms with Crippen molar-refractivity contribution < 1.29 is 19.0 Å². The summed E-state index contributed by atoms with van der Waals surface area (Å²) in [6.45, 7) is 12.8. The summed E-state index contributed by atoms with van der Waals surface area (Å²) in [5.41, 5.74) is 3.67. The number of tetrazole rings is 1. The van der Waals surface area contributed by atoms with Gasteiger partial charge in [0.15, 0.2) is 0 Å². The molecule has 2 heterocycles. The summed E-state index contributed by atoms with van der Waals surface area (Å²) in [6.07, 6.45) is 3.59. The molecule has 2 aromatic heterocycles. The minimum Gasteiger partial charge on any atom is -0.494 e. The van der Waals surface area contributed by atoms with Crippen LogP contribution in [0.4, 0.5) is 0 Å². The van der Waals surface area contributed by atoms with Crippen LogP contribution < -0.4 is 9.47 Å². The zero-order valence-corrected chi connectivity index (χ0v) is 23.6. The molecule has 9 heteroatoms. The van der Waals surface area contributed by atoms with Gasteiger partial charge in [0.1, 0.15) is 17.2 Å². The van der Waals surface area contributed by atoms with Crippen molar-refractivity contribution in [2.45, 2.75) is 66.8 Å². The first kappa shape index (κ1) is 28.1. The van der Waals surface area contributed by atoms with Crippen molar-refractivity contribution in [1.82, 2.24) is 25.2 Å². The molecule has 9 nitrogen and oxygen atoms in total. The summed E-state index contributed by atoms with van der Waals surface area (Å²) >= 11 is 0. The van der Waals surface area contributed by atoms with E-state index in [4.69, 9.17) is 14.2 Å². The molecule has 0 amide bonds. The lowest BCUT2D eigenvalue weighted by Crippen LogP contribution is -2.20. The van der Waals surface area contributed by atoms with Gasteiger partial charge in [0, 0.05) is 28.6 Å². The zero-order valence-electron chi connectivity index (χ0n) is 23.6. The number of aromatic nitrogens is 5. The lowest BCUT2D eigenvalue weighted by Gasteiger charge is -2.22. The van der Waals surface area contributed by atoms with Gasteiger partial charge < -0.3 is 18.8 Å². The molecule has 0 saturated carbocycles. The predicted molar refractivity (Wildman–Crippen MR) is 151 cm³/mol. The SMILES string of the molecule is CCCc1c(OCCCCOc2ccc(-c3nn[nH]n3)cc2)ccc2c1cc(C(=O)OCC)n2CC(C)(C)C. The van der Waals surface area contributed by atoms with Gasteiger partial charge in [0.05, 0.1) is 19.8 Å². The van der Waals surface area contributed by atoms with Crippen LogP contribution >= 0.6 is 0 Å². The zero-order chi connectivity index (χ0) is 27.8. The number of benzene rings is 2. The number of hydrogen-bond acceptors (Lipinski definition) is 7. The van der Waals surface area contributed by atoms with Crippen molar-refractivity contribution in [1.29, 1.82) is 0 Å². The first-order valence-corrected chi connectivity index (χ1v) is 13.7. The van der Waals surface area contributed by atoms with Crippen LogP contribution in [0.3, 0.4) is 0 Å². The van der Waals surface area contributed by atoms with E-state index in [9.17, 15) is 4.79 Å². The van der Waals surface area contributed by atoms with Crippen molar-refractivity contribution >= 4 is 16.9 Å². The Kier molecular flexibility index (Phi) is 9.22. The van der Waals surface area contributed by atoms with Crippen molar-refractivity contribution in [2.24, 2.45) is 5.41 Å². The number of H-pyrrole nitrogens is 1. The van der Waals surface area contributed by atoms with Crippen LogP contribution in [0.5, 0.6) is 11.5 Å². The average molecular weight is 534 g/mol. The van der Waals surface area contributed by atoms with Crippen molar-refractivity contribution in [3.63, 3.8) is 0 Å². The smallest absolute Gasteiger partial charge is 0.354 e. The van der Waals surface area contributed by atoms with E-state index in [2.05, 4.69) is 59.0 Å². The maximum absolute atomic E-state index is 12.8. The number of nitrogens with zero attached hydrogens (tertiary/aromatic N) is 4. The highest BCUT2D eigenvalue weighted by Gasteiger charge is 2.23. The van der Waals surface area contributed by atoms with Crippen LogP contribution in [0.2, 0.25) is 0 Å². The molecule has 0 fully saturated rings. The van der Waals surface area contributed by atoms with Crippen LogP contribution in [0.25, 0.3) is 22.3 Å². The van der Waals surface area contributed by atoms with E-state index in [0.717, 1.165) is 65.8 Å². The molecule has 208 valence electrons. The predicted octanol–water partition coefficient (Wildman–Crippen LogP) is 6.23. The number of carbonyl (C=O) groups is 1. The second kappa shape index (κ2) is 12.8. The molecular formula is C30H39N5O4. The number of nitrogens with one attached hydrogen (secondary N) is 1. The highest BCUT2D eigenvalue weighted by molar-refractivity contribution is 5.97. The maximum atomic E-state index is 12.8. The van der Waals surface area contributed by atoms with E-state index in [0.29, 0.717) is 31.3 Å². The van der Waals surface area contributed by atoms with Gasteiger partial charge >= 0.3 is 5.97 Å². The second-order valence-electron chi connectivity index (χ2n) is 10.8. The molecule has 2 aromatic carbocycles. The Morgan fingerprint density at radius 2 is 1.74 bits per heavy atom. The summed E-state index contributed by atoms with van der Waals surface area (Å²) in [7, 11) is 0. The minimum absolute atomic E-state index is 0.00560. The van der Waals surface area contributed by atoms with Crippen LogP contribution in [-0.4, -0.2) is 51.0 Å². The Hall–Kier alpha value is -3.88. The van der Waals surface area contributed by atoms with Crippen LogP contribution in [0.15, 0.2) is 42.5 Å². The van der Waals surface area contributed by atoms with Gasteiger partial charge in [0.2, 0.25) is 5.82 Å². The molecule has 0 saturated heterocycles. The number of esters is 1. The van der Waals surface area contributed by atoms with E-state index >= 15 is 0 Å². The van der Waals surface area contributed by atoms with Gasteiger partial charge in [0.25, 0.3) is 0 Å². The molecule has 0 aliphatic heterocycles. The number of aryl methyl sites for hydroxylation is 1. The molecule has 0 atom stereocenters. The topological polar surface area (TPSA) is 104 Å². The normalized spacial score (nSPS) is 11.6. The number of unbranched alkanes of at least 4 members (excludes halogenated alkanes) is 1. The van der Waals surface area contributed by atoms with Gasteiger partial charge in [-0.05, 0) is 79.3 Å². The third kappa shape index (κ3) is 7.16. The molecule has 0 unspecified atom stereocenters. The fourth-order valence-electron chi connectivity index (χ4n) is 4.60. The third-order valence-electron chi connectivity index (χ3n) is 6.29. The van der Waals surface area contributed by atoms with Crippen LogP contribution in [0.1, 0.15) is 69.9 Å². The van der Waals surface area contributed by atoms with Crippen molar-refractivity contribution in [2.75, 3.05) is 19.8 Å². The van der Waals surface area contributed by atoms with Gasteiger partial charge in [-0.25, -0.2) is 4.79 Å². The summed E-state index contributed by atoms with van der Waals surface area (Å²) in [5.74, 6) is 1.95. The van der Waals surface area contributed by atoms with Gasteiger partial charge in [-0.1, -0.05) is 34.1 Å². The summed E-state index contributed by atoms with van der Waals surface area (Å²) in [6, 6.07) is 13.7. The number of carbonyl (C=O) groups excluding carboxylic acids is 1. The molecule has 0 aliphatic carbocycles. The Balaban J connectivity index is 1.39. The fourth-order valence-corrected chi connectivity index (χ4v) is 4.60. The number of rotatable bonds is 13. The molecule has 0 radical (unpaired) electrons. The largest absolute Gasteiger partial charge is 0.494 e. The summed E-state index contributed by atoms with van der Waals surface area (Å²) in [4.78, 5) is 12.8. The molecule has 0 aliphatic rings. The Morgan fingerprint density at radius 1 is 1.00 bits per heavy atom. The second-order valence-corrected chi connectivity index (χ2v) is 10.8. The lowest BCUT2D eigenvalue weighted by atomic mass is 9.96. The number of ether oxygens (including phenoxy) is 3. The van der Waals surface area contributed by atoms with Gasteiger partial charge in [-0.2, -0.15) is 5.21 Å². The number of hydrogen-bond donors (Lipinski definition) is 1. The lowest BCUT2D eigenvalue weighted by molar-refractivity contribution is 0.0512. The van der Waals surface area contributed by atoms with E-state index in [1.165, 1.54) is 0 Å². The number of aromatic amines is 1. The first-order valence-electron chi connectivity index (χ1n) is 13.7. The molecule has 4 aromatic rings. The average Bonchev–Trinajstić information content (AvgIpc) is 3.56. The van der Waals surface area contributed by atoms with Crippen LogP contribution in [0, 0.1) is 5.41 Å². The quantitative estimate of drug-likeness (QED) is 0.160. The van der Waals surface area contributed by atoms with Crippen molar-refractivity contribution in [3.05, 3.63) is 53.7 Å². The third-order valence-corrected chi connectivity index (χ3v) is 6.29. The van der Waals surface area contributed by atoms with E-state index < -0.39 is 0 Å². The molecule has 0 bridgehead atoms. The fraction of sp³-hybridized carbons (Fsp3) is 0.467. The minimum atomic E-state index is -0.285. The highest BCUT2D eigenvalue weighted by Crippen LogP contribution is 2.34. The standard InChI is InChI=1S/C30H39N5O4/c1-6-10-23-24-19-26(29(36)37-7-2)35(20-30(3,4)5)25(24)15-16-27(23)39-18-9-8-17-38-22-13-11-21(12-14-22)28-31-33-34-32-28/h11-16,19H,6-10,17-18,20H2,1-5H3,(H,31,32,33,34). The molecule has 1 N–H and O–H groups in total. The monoisotopic (exact) mass is 533 g/mol. The van der Waals surface area contributed by atoms with Crippen molar-refractivity contribution in [3.8, 4) is 22.9 Å². The number of fused-ring (bicyclic) bond motifs is 1. The Bertz CT molecular complexity index is 1360. The van der Waals surface area contributed by atoms with E-state index in [-0.39, 0.29) is 11.4 Å². The van der Waals surface area contributed by atoms with Gasteiger partial charge in [-0.3, -0.25) is 0 Å². The van der Waals surface area contributed by atoms with E-state index in [1.54, 1.807) is 0 Å². The molecule has 0 spiro atoms. The molecule has 39 heavy (non-hydrogen) atoms.